The van der Waals surface area contributed by atoms with Crippen molar-refractivity contribution >= 4 is 11.9 Å². The van der Waals surface area contributed by atoms with Crippen molar-refractivity contribution in [3.63, 3.8) is 0 Å². The summed E-state index contributed by atoms with van der Waals surface area (Å²) in [7, 11) is 0. The molecule has 1 heterocycles. The Hall–Kier alpha value is -1.66. The summed E-state index contributed by atoms with van der Waals surface area (Å²) >= 11 is 0. The van der Waals surface area contributed by atoms with E-state index in [0.717, 1.165) is 17.6 Å². The van der Waals surface area contributed by atoms with E-state index in [1.165, 1.54) is 0 Å². The minimum atomic E-state index is -0.646. The Morgan fingerprint density at radius 2 is 1.94 bits per heavy atom. The molecule has 31 heavy (non-hydrogen) atoms. The molecule has 6 heteroatoms. The highest BCUT2D eigenvalue weighted by Crippen LogP contribution is 2.44. The van der Waals surface area contributed by atoms with Gasteiger partial charge in [0, 0.05) is 6.42 Å². The van der Waals surface area contributed by atoms with E-state index in [1.54, 1.807) is 0 Å². The summed E-state index contributed by atoms with van der Waals surface area (Å²) in [5.41, 5.74) is 1.33. The number of carbonyl (C=O) groups is 2. The summed E-state index contributed by atoms with van der Waals surface area (Å²) in [5.74, 6) is -0.266. The van der Waals surface area contributed by atoms with Gasteiger partial charge in [0.1, 0.15) is 12.2 Å². The normalized spacial score (nSPS) is 36.1. The van der Waals surface area contributed by atoms with Gasteiger partial charge in [-0.15, -0.1) is 0 Å². The van der Waals surface area contributed by atoms with Gasteiger partial charge in [-0.3, -0.25) is 9.59 Å². The minimum Gasteiger partial charge on any atom is -0.462 e. The average Bonchev–Trinajstić information content (AvgIpc) is 2.69. The van der Waals surface area contributed by atoms with Crippen LogP contribution < -0.4 is 0 Å². The number of aliphatic hydroxyl groups is 2. The molecule has 0 radical (unpaired) electrons. The van der Waals surface area contributed by atoms with Gasteiger partial charge in [-0.05, 0) is 68.4 Å². The van der Waals surface area contributed by atoms with E-state index in [4.69, 9.17) is 9.47 Å². The maximum atomic E-state index is 12.9. The molecule has 0 aromatic carbocycles. The Labute approximate surface area is 185 Å². The summed E-state index contributed by atoms with van der Waals surface area (Å²) in [6.45, 7) is 9.90. The lowest BCUT2D eigenvalue weighted by molar-refractivity contribution is -0.162. The fourth-order valence-corrected chi connectivity index (χ4v) is 4.94. The second kappa shape index (κ2) is 9.45. The van der Waals surface area contributed by atoms with E-state index < -0.39 is 17.6 Å². The van der Waals surface area contributed by atoms with Crippen molar-refractivity contribution in [3.8, 4) is 0 Å². The van der Waals surface area contributed by atoms with Crippen LogP contribution in [0.3, 0.4) is 0 Å². The molecule has 174 valence electrons. The van der Waals surface area contributed by atoms with Gasteiger partial charge in [-0.1, -0.05) is 32.9 Å². The molecule has 0 amide bonds. The predicted molar refractivity (Wildman–Crippen MR) is 117 cm³/mol. The van der Waals surface area contributed by atoms with Gasteiger partial charge in [0.25, 0.3) is 0 Å². The third-order valence-electron chi connectivity index (χ3n) is 7.46. The highest BCUT2D eigenvalue weighted by atomic mass is 16.6. The molecule has 0 spiro atoms. The fraction of sp³-hybridized carbons (Fsp3) is 0.760. The number of allylic oxidation sites excluding steroid dienone is 1. The zero-order valence-electron chi connectivity index (χ0n) is 19.5. The van der Waals surface area contributed by atoms with Crippen LogP contribution in [-0.2, 0) is 19.1 Å². The Morgan fingerprint density at radius 3 is 2.58 bits per heavy atom. The maximum absolute atomic E-state index is 12.9. The monoisotopic (exact) mass is 434 g/mol. The van der Waals surface area contributed by atoms with E-state index in [2.05, 4.69) is 13.0 Å². The molecule has 6 nitrogen and oxygen atoms in total. The van der Waals surface area contributed by atoms with Gasteiger partial charge in [0.2, 0.25) is 0 Å². The molecule has 0 aromatic rings. The third kappa shape index (κ3) is 5.23. The van der Waals surface area contributed by atoms with Gasteiger partial charge in [0.05, 0.1) is 24.0 Å². The second-order valence-corrected chi connectivity index (χ2v) is 10.3. The van der Waals surface area contributed by atoms with E-state index in [-0.39, 0.29) is 48.3 Å². The molecular weight excluding hydrogens is 396 g/mol. The van der Waals surface area contributed by atoms with Gasteiger partial charge in [-0.2, -0.15) is 0 Å². The summed E-state index contributed by atoms with van der Waals surface area (Å²) in [4.78, 5) is 24.6. The summed E-state index contributed by atoms with van der Waals surface area (Å²) < 4.78 is 11.5. The summed E-state index contributed by atoms with van der Waals surface area (Å²) in [5, 5.41) is 20.8. The van der Waals surface area contributed by atoms with Crippen LogP contribution in [0.2, 0.25) is 0 Å². The van der Waals surface area contributed by atoms with Gasteiger partial charge in [-0.25, -0.2) is 0 Å². The lowest BCUT2D eigenvalue weighted by atomic mass is 9.68. The molecular formula is C25H38O6. The van der Waals surface area contributed by atoms with E-state index in [9.17, 15) is 19.8 Å². The Kier molecular flexibility index (Phi) is 7.32. The van der Waals surface area contributed by atoms with Crippen LogP contribution >= 0.6 is 0 Å². The average molecular weight is 435 g/mol. The number of cyclic esters (lactones) is 1. The number of hydrogen-bond donors (Lipinski definition) is 2. The topological polar surface area (TPSA) is 93.1 Å². The molecule has 1 fully saturated rings. The van der Waals surface area contributed by atoms with Gasteiger partial charge in [0.15, 0.2) is 0 Å². The van der Waals surface area contributed by atoms with Gasteiger partial charge >= 0.3 is 11.9 Å². The fourth-order valence-electron chi connectivity index (χ4n) is 4.94. The molecule has 7 atom stereocenters. The first-order valence-corrected chi connectivity index (χ1v) is 11.7. The highest BCUT2D eigenvalue weighted by Gasteiger charge is 2.42. The third-order valence-corrected chi connectivity index (χ3v) is 7.46. The van der Waals surface area contributed by atoms with Crippen LogP contribution in [0.4, 0.5) is 0 Å². The lowest BCUT2D eigenvalue weighted by Gasteiger charge is -2.42. The molecule has 1 aliphatic heterocycles. The summed E-state index contributed by atoms with van der Waals surface area (Å²) in [6.07, 6.45) is 5.40. The van der Waals surface area contributed by atoms with Crippen LogP contribution in [0.5, 0.6) is 0 Å². The van der Waals surface area contributed by atoms with Crippen molar-refractivity contribution in [1.29, 1.82) is 0 Å². The zero-order valence-corrected chi connectivity index (χ0v) is 19.5. The molecule has 1 saturated heterocycles. The van der Waals surface area contributed by atoms with Crippen LogP contribution in [0.1, 0.15) is 73.1 Å². The Morgan fingerprint density at radius 1 is 1.23 bits per heavy atom. The molecule has 7 unspecified atom stereocenters. The molecule has 3 aliphatic rings. The SMILES string of the molecule is CCC(C)(C)C(=O)OC1CC(C)C(O)C2=C1C(CCC1CC(O)CC(=O)O1)C(C)C=C2. The van der Waals surface area contributed by atoms with Crippen molar-refractivity contribution < 1.29 is 29.3 Å². The molecule has 0 aromatic heterocycles. The molecule has 2 aliphatic carbocycles. The Bertz CT molecular complexity index is 751. The van der Waals surface area contributed by atoms with Crippen molar-refractivity contribution in [1.82, 2.24) is 0 Å². The molecule has 2 N–H and O–H groups in total. The van der Waals surface area contributed by atoms with Crippen molar-refractivity contribution in [2.45, 2.75) is 97.6 Å². The first-order valence-electron chi connectivity index (χ1n) is 11.7. The van der Waals surface area contributed by atoms with Crippen LogP contribution in [0.15, 0.2) is 23.3 Å². The quantitative estimate of drug-likeness (QED) is 0.619. The summed E-state index contributed by atoms with van der Waals surface area (Å²) in [6, 6.07) is 0. The van der Waals surface area contributed by atoms with E-state index >= 15 is 0 Å². The standard InChI is InChI=1S/C25H38O6/c1-6-25(4,5)24(29)31-20-11-15(3)23(28)19-9-7-14(2)18(22(19)20)10-8-17-12-16(26)13-21(27)30-17/h7,9,14-18,20,23,26,28H,6,8,10-13H2,1-5H3. The number of esters is 2. The molecule has 0 saturated carbocycles. The first-order chi connectivity index (χ1) is 14.5. The second-order valence-electron chi connectivity index (χ2n) is 10.3. The predicted octanol–water partition coefficient (Wildman–Crippen LogP) is 3.70. The van der Waals surface area contributed by atoms with Gasteiger partial charge < -0.3 is 19.7 Å². The smallest absolute Gasteiger partial charge is 0.312 e. The van der Waals surface area contributed by atoms with Crippen LogP contribution in [0.25, 0.3) is 0 Å². The van der Waals surface area contributed by atoms with Crippen LogP contribution in [-0.4, -0.2) is 46.6 Å². The minimum absolute atomic E-state index is 0.00515. The van der Waals surface area contributed by atoms with Crippen molar-refractivity contribution in [2.75, 3.05) is 0 Å². The number of aliphatic hydroxyl groups excluding tert-OH is 2. The maximum Gasteiger partial charge on any atom is 0.312 e. The zero-order chi connectivity index (χ0) is 22.9. The highest BCUT2D eigenvalue weighted by molar-refractivity contribution is 5.76. The lowest BCUT2D eigenvalue weighted by Crippen LogP contribution is -2.42. The first kappa shape index (κ1) is 24.0. The molecule has 0 bridgehead atoms. The van der Waals surface area contributed by atoms with E-state index in [0.29, 0.717) is 25.7 Å². The number of ether oxygens (including phenoxy) is 2. The molecule has 3 rings (SSSR count). The largest absolute Gasteiger partial charge is 0.462 e. The Balaban J connectivity index is 1.83. The van der Waals surface area contributed by atoms with E-state index in [1.807, 2.05) is 33.8 Å². The number of hydrogen-bond acceptors (Lipinski definition) is 6. The van der Waals surface area contributed by atoms with Crippen LogP contribution in [0, 0.1) is 23.2 Å². The number of carbonyl (C=O) groups excluding carboxylic acids is 2. The number of rotatable bonds is 6. The van der Waals surface area contributed by atoms with Crippen molar-refractivity contribution in [2.24, 2.45) is 23.2 Å². The van der Waals surface area contributed by atoms with Crippen molar-refractivity contribution in [3.05, 3.63) is 23.3 Å².